The molecule has 1 atom stereocenters. The maximum Gasteiger partial charge on any atom is 0.253 e. The molecule has 0 aliphatic carbocycles. The van der Waals surface area contributed by atoms with Crippen molar-refractivity contribution >= 4 is 62.0 Å². The van der Waals surface area contributed by atoms with Gasteiger partial charge in [0.25, 0.3) is 5.91 Å². The second-order valence-corrected chi connectivity index (χ2v) is 9.19. The molecule has 3 heterocycles. The van der Waals surface area contributed by atoms with Crippen molar-refractivity contribution < 1.29 is 4.79 Å². The number of benzene rings is 2. The number of carbonyl (C=O) groups excluding carboxylic acids is 1. The van der Waals surface area contributed by atoms with Crippen LogP contribution in [-0.4, -0.2) is 42.0 Å². The molecule has 1 saturated heterocycles. The number of rotatable bonds is 4. The number of carbonyl (C=O) groups is 1. The van der Waals surface area contributed by atoms with Gasteiger partial charge in [0.15, 0.2) is 0 Å². The minimum Gasteiger partial charge on any atom is -0.348 e. The molecule has 1 amide bonds. The molecular weight excluding hydrogens is 428 g/mol. The van der Waals surface area contributed by atoms with E-state index in [1.165, 1.54) is 0 Å². The zero-order valence-electron chi connectivity index (χ0n) is 17.2. The lowest BCUT2D eigenvalue weighted by molar-refractivity contribution is 0.0914. The summed E-state index contributed by atoms with van der Waals surface area (Å²) in [5.41, 5.74) is 2.08. The van der Waals surface area contributed by atoms with Crippen LogP contribution in [0.1, 0.15) is 23.2 Å². The van der Waals surface area contributed by atoms with Gasteiger partial charge in [-0.25, -0.2) is 4.98 Å². The Morgan fingerprint density at radius 2 is 1.97 bits per heavy atom. The van der Waals surface area contributed by atoms with Gasteiger partial charge >= 0.3 is 0 Å². The third-order valence-electron chi connectivity index (χ3n) is 5.80. The van der Waals surface area contributed by atoms with E-state index in [0.717, 1.165) is 47.8 Å². The third-order valence-corrected chi connectivity index (χ3v) is 6.87. The van der Waals surface area contributed by atoms with Crippen LogP contribution < -0.4 is 10.6 Å². The zero-order valence-corrected chi connectivity index (χ0v) is 18.8. The smallest absolute Gasteiger partial charge is 0.253 e. The zero-order chi connectivity index (χ0) is 21.4. The molecule has 2 aromatic heterocycles. The van der Waals surface area contributed by atoms with Gasteiger partial charge in [-0.05, 0) is 50.0 Å². The molecule has 7 heteroatoms. The highest BCUT2D eigenvalue weighted by atomic mass is 35.5. The first kappa shape index (κ1) is 20.2. The maximum atomic E-state index is 13.2. The van der Waals surface area contributed by atoms with Gasteiger partial charge in [0.2, 0.25) is 0 Å². The second kappa shape index (κ2) is 8.46. The predicted octanol–water partition coefficient (Wildman–Crippen LogP) is 5.67. The van der Waals surface area contributed by atoms with Gasteiger partial charge < -0.3 is 15.5 Å². The highest BCUT2D eigenvalue weighted by Crippen LogP contribution is 2.36. The summed E-state index contributed by atoms with van der Waals surface area (Å²) >= 11 is 7.98. The molecule has 0 spiro atoms. The number of fused-ring (bicyclic) bond motifs is 3. The number of para-hydroxylation sites is 2. The van der Waals surface area contributed by atoms with Crippen molar-refractivity contribution in [3.05, 3.63) is 63.8 Å². The van der Waals surface area contributed by atoms with Crippen LogP contribution in [0.4, 0.5) is 11.5 Å². The van der Waals surface area contributed by atoms with Crippen molar-refractivity contribution in [1.82, 2.24) is 15.2 Å². The SMILES string of the molecule is CN1CCCC(NC(=O)c2cccc3c2nc(Nc2ccccc2Cl)c2cscc23)C1. The average molecular weight is 451 g/mol. The summed E-state index contributed by atoms with van der Waals surface area (Å²) in [7, 11) is 2.09. The summed E-state index contributed by atoms with van der Waals surface area (Å²) in [6.07, 6.45) is 2.10. The fourth-order valence-electron chi connectivity index (χ4n) is 4.26. The van der Waals surface area contributed by atoms with Crippen LogP contribution in [0.25, 0.3) is 21.7 Å². The maximum absolute atomic E-state index is 13.2. The fraction of sp³-hybridized carbons (Fsp3) is 0.250. The molecular formula is C24H23ClN4OS. The number of likely N-dealkylation sites (tertiary alicyclic amines) is 1. The second-order valence-electron chi connectivity index (χ2n) is 8.04. The van der Waals surface area contributed by atoms with Crippen LogP contribution in [0.3, 0.4) is 0 Å². The van der Waals surface area contributed by atoms with E-state index >= 15 is 0 Å². The van der Waals surface area contributed by atoms with E-state index in [1.807, 2.05) is 42.5 Å². The highest BCUT2D eigenvalue weighted by Gasteiger charge is 2.22. The number of amides is 1. The number of piperidine rings is 1. The number of pyridine rings is 1. The summed E-state index contributed by atoms with van der Waals surface area (Å²) < 4.78 is 0. The molecule has 0 radical (unpaired) electrons. The molecule has 5 rings (SSSR count). The van der Waals surface area contributed by atoms with Gasteiger partial charge in [-0.1, -0.05) is 35.9 Å². The first-order valence-corrected chi connectivity index (χ1v) is 11.7. The summed E-state index contributed by atoms with van der Waals surface area (Å²) in [5.74, 6) is 0.631. The predicted molar refractivity (Wildman–Crippen MR) is 130 cm³/mol. The lowest BCUT2D eigenvalue weighted by Gasteiger charge is -2.30. The van der Waals surface area contributed by atoms with Crippen LogP contribution >= 0.6 is 22.9 Å². The quantitative estimate of drug-likeness (QED) is 0.420. The van der Waals surface area contributed by atoms with Gasteiger partial charge in [-0.15, -0.1) is 0 Å². The number of nitrogens with one attached hydrogen (secondary N) is 2. The molecule has 1 fully saturated rings. The molecule has 0 bridgehead atoms. The first-order valence-electron chi connectivity index (χ1n) is 10.4. The molecule has 4 aromatic rings. The monoisotopic (exact) mass is 450 g/mol. The molecule has 2 aromatic carbocycles. The van der Waals surface area contributed by atoms with Crippen molar-refractivity contribution in [2.24, 2.45) is 0 Å². The summed E-state index contributed by atoms with van der Waals surface area (Å²) in [5, 5.41) is 14.5. The third kappa shape index (κ3) is 3.99. The Kier molecular flexibility index (Phi) is 5.52. The normalized spacial score (nSPS) is 17.2. The van der Waals surface area contributed by atoms with Crippen molar-refractivity contribution in [1.29, 1.82) is 0 Å². The van der Waals surface area contributed by atoms with Crippen molar-refractivity contribution in [2.45, 2.75) is 18.9 Å². The molecule has 31 heavy (non-hydrogen) atoms. The molecule has 158 valence electrons. The van der Waals surface area contributed by atoms with E-state index in [9.17, 15) is 4.79 Å². The minimum absolute atomic E-state index is 0.0725. The van der Waals surface area contributed by atoms with Gasteiger partial charge in [0, 0.05) is 34.1 Å². The van der Waals surface area contributed by atoms with E-state index in [2.05, 4.69) is 33.3 Å². The Morgan fingerprint density at radius 3 is 2.81 bits per heavy atom. The number of halogens is 1. The molecule has 1 unspecified atom stereocenters. The number of thiophene rings is 1. The topological polar surface area (TPSA) is 57.3 Å². The van der Waals surface area contributed by atoms with E-state index in [1.54, 1.807) is 11.3 Å². The van der Waals surface area contributed by atoms with E-state index in [0.29, 0.717) is 21.9 Å². The van der Waals surface area contributed by atoms with Gasteiger partial charge in [-0.2, -0.15) is 11.3 Å². The molecule has 1 aliphatic heterocycles. The van der Waals surface area contributed by atoms with Crippen LogP contribution in [-0.2, 0) is 0 Å². The average Bonchev–Trinajstić information content (AvgIpc) is 3.26. The molecule has 2 N–H and O–H groups in total. The van der Waals surface area contributed by atoms with Gasteiger partial charge in [-0.3, -0.25) is 4.79 Å². The molecule has 1 aliphatic rings. The van der Waals surface area contributed by atoms with Crippen LogP contribution in [0.15, 0.2) is 53.2 Å². The lowest BCUT2D eigenvalue weighted by atomic mass is 10.0. The largest absolute Gasteiger partial charge is 0.348 e. The summed E-state index contributed by atoms with van der Waals surface area (Å²) in [6, 6.07) is 13.6. The van der Waals surface area contributed by atoms with E-state index in [4.69, 9.17) is 16.6 Å². The Balaban J connectivity index is 1.57. The van der Waals surface area contributed by atoms with Crippen LogP contribution in [0.2, 0.25) is 5.02 Å². The van der Waals surface area contributed by atoms with Crippen molar-refractivity contribution in [3.8, 4) is 0 Å². The standard InChI is InChI=1S/C24H23ClN4OS/c1-29-11-5-6-15(12-29)26-24(30)17-8-4-7-16-18-13-31-14-19(18)23(28-22(16)17)27-21-10-3-2-9-20(21)25/h2-4,7-10,13-15H,5-6,11-12H2,1H3,(H,26,30)(H,27,28). The number of hydrogen-bond donors (Lipinski definition) is 2. The fourth-order valence-corrected chi connectivity index (χ4v) is 5.27. The summed E-state index contributed by atoms with van der Waals surface area (Å²) in [4.78, 5) is 20.4. The molecule has 0 saturated carbocycles. The van der Waals surface area contributed by atoms with Crippen LogP contribution in [0, 0.1) is 0 Å². The first-order chi connectivity index (χ1) is 15.1. The summed E-state index contributed by atoms with van der Waals surface area (Å²) in [6.45, 7) is 1.95. The lowest BCUT2D eigenvalue weighted by Crippen LogP contribution is -2.46. The van der Waals surface area contributed by atoms with Gasteiger partial charge in [0.05, 0.1) is 21.8 Å². The Hall–Kier alpha value is -2.67. The number of likely N-dealkylation sites (N-methyl/N-ethyl adjacent to an activating group) is 1. The van der Waals surface area contributed by atoms with Gasteiger partial charge in [0.1, 0.15) is 5.82 Å². The molecule has 5 nitrogen and oxygen atoms in total. The number of nitrogens with zero attached hydrogens (tertiary/aromatic N) is 2. The number of aromatic nitrogens is 1. The Morgan fingerprint density at radius 1 is 1.13 bits per heavy atom. The Bertz CT molecular complexity index is 1270. The highest BCUT2D eigenvalue weighted by molar-refractivity contribution is 7.09. The Labute approximate surface area is 190 Å². The number of hydrogen-bond acceptors (Lipinski definition) is 5. The van der Waals surface area contributed by atoms with Crippen LogP contribution in [0.5, 0.6) is 0 Å². The number of anilines is 2. The minimum atomic E-state index is -0.0725. The van der Waals surface area contributed by atoms with E-state index < -0.39 is 0 Å². The van der Waals surface area contributed by atoms with E-state index in [-0.39, 0.29) is 11.9 Å². The van der Waals surface area contributed by atoms with Crippen molar-refractivity contribution in [3.63, 3.8) is 0 Å². The van der Waals surface area contributed by atoms with Crippen molar-refractivity contribution in [2.75, 3.05) is 25.5 Å².